The molecule has 2 aliphatic rings. The van der Waals surface area contributed by atoms with Gasteiger partial charge in [0.25, 0.3) is 0 Å². The van der Waals surface area contributed by atoms with E-state index < -0.39 is 0 Å². The number of benzene rings is 1. The van der Waals surface area contributed by atoms with Gasteiger partial charge in [-0.25, -0.2) is 4.98 Å². The highest BCUT2D eigenvalue weighted by Crippen LogP contribution is 2.30. The van der Waals surface area contributed by atoms with Crippen molar-refractivity contribution in [3.8, 4) is 5.88 Å². The third-order valence-corrected chi connectivity index (χ3v) is 7.97. The molecular formula is C33H52N4O. The maximum Gasteiger partial charge on any atom is 0.213 e. The van der Waals surface area contributed by atoms with Crippen LogP contribution in [-0.4, -0.2) is 47.3 Å². The van der Waals surface area contributed by atoms with Crippen molar-refractivity contribution in [2.45, 2.75) is 129 Å². The van der Waals surface area contributed by atoms with Crippen molar-refractivity contribution in [3.63, 3.8) is 0 Å². The van der Waals surface area contributed by atoms with Crippen molar-refractivity contribution >= 4 is 5.69 Å². The Morgan fingerprint density at radius 1 is 0.921 bits per heavy atom. The molecule has 2 fully saturated rings. The molecule has 2 heterocycles. The summed E-state index contributed by atoms with van der Waals surface area (Å²) in [4.78, 5) is 6.96. The van der Waals surface area contributed by atoms with Crippen molar-refractivity contribution in [2.75, 3.05) is 18.0 Å². The Bertz CT molecular complexity index is 1030. The van der Waals surface area contributed by atoms with Gasteiger partial charge in [0.05, 0.1) is 0 Å². The summed E-state index contributed by atoms with van der Waals surface area (Å²) in [5.74, 6) is 0.761. The molecule has 1 atom stereocenters. The average molecular weight is 521 g/mol. The molecule has 0 radical (unpaired) electrons. The zero-order valence-corrected chi connectivity index (χ0v) is 25.2. The Balaban J connectivity index is 1.15. The number of aryl methyl sites for hydroxylation is 1. The van der Waals surface area contributed by atoms with Crippen LogP contribution in [0.15, 0.2) is 42.6 Å². The maximum atomic E-state index is 6.19. The standard InChI is InChI=1S/C33H52N4O/c1-31(2,3)25-15-18-34-30(20-25)38-29-21-27(22-29)36-33(7,8)17-9-10-24-11-13-28(14-12-24)37-19-16-26(23-37)35-32(4,5)6/h11-15,18,20,26-27,29,35-36H,9-10,16-17,19,21-23H2,1-8H3/t26-,27?,29?/m1/s1. The summed E-state index contributed by atoms with van der Waals surface area (Å²) in [7, 11) is 0. The van der Waals surface area contributed by atoms with E-state index in [1.54, 1.807) is 0 Å². The quantitative estimate of drug-likeness (QED) is 0.367. The van der Waals surface area contributed by atoms with Crippen LogP contribution in [0, 0.1) is 0 Å². The van der Waals surface area contributed by atoms with E-state index in [2.05, 4.69) is 112 Å². The van der Waals surface area contributed by atoms with Crippen molar-refractivity contribution in [2.24, 2.45) is 0 Å². The number of anilines is 1. The third kappa shape index (κ3) is 8.44. The molecule has 1 aliphatic heterocycles. The summed E-state index contributed by atoms with van der Waals surface area (Å²) in [6.45, 7) is 20.4. The summed E-state index contributed by atoms with van der Waals surface area (Å²) in [6.07, 6.45) is 8.94. The van der Waals surface area contributed by atoms with Gasteiger partial charge in [-0.1, -0.05) is 32.9 Å². The Morgan fingerprint density at radius 3 is 2.29 bits per heavy atom. The van der Waals surface area contributed by atoms with Crippen molar-refractivity contribution in [1.29, 1.82) is 0 Å². The molecule has 1 saturated heterocycles. The van der Waals surface area contributed by atoms with E-state index >= 15 is 0 Å². The number of nitrogens with zero attached hydrogens (tertiary/aromatic N) is 2. The first kappa shape index (κ1) is 28.9. The van der Waals surface area contributed by atoms with Crippen LogP contribution in [0.25, 0.3) is 0 Å². The monoisotopic (exact) mass is 520 g/mol. The van der Waals surface area contributed by atoms with E-state index in [4.69, 9.17) is 4.74 Å². The molecule has 5 nitrogen and oxygen atoms in total. The number of aromatic nitrogens is 1. The second kappa shape index (κ2) is 11.6. The fraction of sp³-hybridized carbons (Fsp3) is 0.667. The van der Waals surface area contributed by atoms with E-state index in [1.165, 1.54) is 29.7 Å². The van der Waals surface area contributed by atoms with Crippen LogP contribution in [0.4, 0.5) is 5.69 Å². The maximum absolute atomic E-state index is 6.19. The predicted molar refractivity (Wildman–Crippen MR) is 160 cm³/mol. The Hall–Kier alpha value is -2.11. The molecule has 4 rings (SSSR count). The van der Waals surface area contributed by atoms with Gasteiger partial charge < -0.3 is 20.3 Å². The number of hydrogen-bond acceptors (Lipinski definition) is 5. The molecule has 5 heteroatoms. The van der Waals surface area contributed by atoms with E-state index in [9.17, 15) is 0 Å². The van der Waals surface area contributed by atoms with Gasteiger partial charge in [-0.15, -0.1) is 0 Å². The van der Waals surface area contributed by atoms with E-state index in [-0.39, 0.29) is 22.6 Å². The lowest BCUT2D eigenvalue weighted by Crippen LogP contribution is -2.54. The minimum absolute atomic E-state index is 0.109. The minimum atomic E-state index is 0.109. The predicted octanol–water partition coefficient (Wildman–Crippen LogP) is 6.65. The van der Waals surface area contributed by atoms with Crippen LogP contribution < -0.4 is 20.3 Å². The van der Waals surface area contributed by atoms with Crippen LogP contribution in [0.1, 0.15) is 98.6 Å². The highest BCUT2D eigenvalue weighted by atomic mass is 16.5. The number of nitrogens with one attached hydrogen (secondary N) is 2. The average Bonchev–Trinajstić information content (AvgIpc) is 3.24. The van der Waals surface area contributed by atoms with Crippen LogP contribution in [0.3, 0.4) is 0 Å². The molecule has 38 heavy (non-hydrogen) atoms. The van der Waals surface area contributed by atoms with Gasteiger partial charge >= 0.3 is 0 Å². The van der Waals surface area contributed by atoms with Crippen LogP contribution in [-0.2, 0) is 11.8 Å². The lowest BCUT2D eigenvalue weighted by Gasteiger charge is -2.41. The van der Waals surface area contributed by atoms with E-state index in [0.29, 0.717) is 12.1 Å². The second-order valence-electron chi connectivity index (χ2n) is 14.4. The normalized spacial score (nSPS) is 22.4. The molecule has 0 amide bonds. The minimum Gasteiger partial charge on any atom is -0.474 e. The first-order chi connectivity index (χ1) is 17.8. The Labute approximate surface area is 232 Å². The summed E-state index contributed by atoms with van der Waals surface area (Å²) >= 11 is 0. The van der Waals surface area contributed by atoms with Gasteiger partial charge in [0.1, 0.15) is 6.10 Å². The third-order valence-electron chi connectivity index (χ3n) is 7.97. The molecule has 1 saturated carbocycles. The zero-order chi connectivity index (χ0) is 27.6. The molecule has 210 valence electrons. The molecule has 2 aromatic rings. The van der Waals surface area contributed by atoms with Crippen molar-refractivity contribution in [1.82, 2.24) is 15.6 Å². The number of hydrogen-bond donors (Lipinski definition) is 2. The van der Waals surface area contributed by atoms with Crippen LogP contribution in [0.5, 0.6) is 5.88 Å². The van der Waals surface area contributed by atoms with Gasteiger partial charge in [-0.05, 0) is 108 Å². The van der Waals surface area contributed by atoms with Gasteiger partial charge in [-0.3, -0.25) is 0 Å². The van der Waals surface area contributed by atoms with Crippen LogP contribution in [0.2, 0.25) is 0 Å². The molecule has 0 unspecified atom stereocenters. The molecule has 2 N–H and O–H groups in total. The molecule has 1 aliphatic carbocycles. The van der Waals surface area contributed by atoms with E-state index in [1.807, 2.05) is 6.20 Å². The van der Waals surface area contributed by atoms with Crippen molar-refractivity contribution < 1.29 is 4.74 Å². The number of ether oxygens (including phenoxy) is 1. The van der Waals surface area contributed by atoms with Gasteiger partial charge in [0.15, 0.2) is 0 Å². The lowest BCUT2D eigenvalue weighted by atomic mass is 9.85. The molecule has 0 bridgehead atoms. The smallest absolute Gasteiger partial charge is 0.213 e. The zero-order valence-electron chi connectivity index (χ0n) is 25.2. The fourth-order valence-electron chi connectivity index (χ4n) is 5.85. The molecule has 0 spiro atoms. The van der Waals surface area contributed by atoms with Crippen molar-refractivity contribution in [3.05, 3.63) is 53.7 Å². The lowest BCUT2D eigenvalue weighted by molar-refractivity contribution is 0.0659. The number of pyridine rings is 1. The SMILES string of the molecule is CC(C)(C)N[C@@H]1CCN(c2ccc(CCCC(C)(C)NC3CC(Oc4cc(C(C)(C)C)ccn4)C3)cc2)C1. The summed E-state index contributed by atoms with van der Waals surface area (Å²) in [5.41, 5.74) is 4.48. The largest absolute Gasteiger partial charge is 0.474 e. The Kier molecular flexibility index (Phi) is 8.78. The highest BCUT2D eigenvalue weighted by Gasteiger charge is 2.34. The van der Waals surface area contributed by atoms with Gasteiger partial charge in [0, 0.05) is 54.2 Å². The molecule has 1 aromatic heterocycles. The van der Waals surface area contributed by atoms with Crippen LogP contribution >= 0.6 is 0 Å². The fourth-order valence-corrected chi connectivity index (χ4v) is 5.85. The van der Waals surface area contributed by atoms with E-state index in [0.717, 1.165) is 44.7 Å². The topological polar surface area (TPSA) is 49.4 Å². The summed E-state index contributed by atoms with van der Waals surface area (Å²) < 4.78 is 6.19. The first-order valence-electron chi connectivity index (χ1n) is 14.8. The summed E-state index contributed by atoms with van der Waals surface area (Å²) in [5, 5.41) is 7.64. The highest BCUT2D eigenvalue weighted by molar-refractivity contribution is 5.49. The second-order valence-corrected chi connectivity index (χ2v) is 14.4. The Morgan fingerprint density at radius 2 is 1.63 bits per heavy atom. The van der Waals surface area contributed by atoms with Gasteiger partial charge in [0.2, 0.25) is 5.88 Å². The number of rotatable bonds is 10. The molecular weight excluding hydrogens is 468 g/mol. The summed E-state index contributed by atoms with van der Waals surface area (Å²) in [6, 6.07) is 14.6. The molecule has 1 aromatic carbocycles. The van der Waals surface area contributed by atoms with Gasteiger partial charge in [-0.2, -0.15) is 0 Å². The first-order valence-corrected chi connectivity index (χ1v) is 14.8.